The zero-order valence-electron chi connectivity index (χ0n) is 11.1. The van der Waals surface area contributed by atoms with Gasteiger partial charge in [0.2, 0.25) is 0 Å². The number of hydrogen-bond acceptors (Lipinski definition) is 2. The maximum Gasteiger partial charge on any atom is 0.0662 e. The first kappa shape index (κ1) is 27.5. The molecule has 19 heavy (non-hydrogen) atoms. The van der Waals surface area contributed by atoms with Crippen molar-refractivity contribution in [3.63, 3.8) is 0 Å². The van der Waals surface area contributed by atoms with E-state index in [1.54, 1.807) is 0 Å². The standard InChI is InChI=1S/2C5H5.C2H6O2.C2H4.2ClH.Zr/c2*1-2-4-5-3-1;3-1-2-4;1-2;;;/h2*1-3H,4H2;3-4H,1-2H2;1H,2H3;2*1H;/q2*-1;;;;;+2. The van der Waals surface area contributed by atoms with E-state index < -0.39 is 0 Å². The maximum absolute atomic E-state index is 7.62. The average molecular weight is 384 g/mol. The van der Waals surface area contributed by atoms with E-state index in [2.05, 4.69) is 28.0 Å². The normalized spacial score (nSPS) is 11.6. The monoisotopic (exact) mass is 382 g/mol. The van der Waals surface area contributed by atoms with Crippen LogP contribution in [0.25, 0.3) is 0 Å². The molecule has 0 saturated heterocycles. The Hall–Kier alpha value is 0.213. The Morgan fingerprint density at radius 1 is 1.00 bits per heavy atom. The molecule has 0 aromatic carbocycles. The van der Waals surface area contributed by atoms with Crippen LogP contribution < -0.4 is 0 Å². The van der Waals surface area contributed by atoms with Gasteiger partial charge in [-0.3, -0.25) is 12.2 Å². The van der Waals surface area contributed by atoms with Crippen LogP contribution >= 0.6 is 24.8 Å². The smallest absolute Gasteiger partial charge is 0.0662 e. The van der Waals surface area contributed by atoms with E-state index in [1.165, 1.54) is 24.2 Å². The van der Waals surface area contributed by atoms with Crippen LogP contribution in [0.5, 0.6) is 0 Å². The molecule has 0 aliphatic heterocycles. The summed E-state index contributed by atoms with van der Waals surface area (Å²) in [6.45, 7) is 1.79. The summed E-state index contributed by atoms with van der Waals surface area (Å²) in [4.78, 5) is 0. The topological polar surface area (TPSA) is 40.5 Å². The van der Waals surface area contributed by atoms with Crippen molar-refractivity contribution < 1.29 is 34.4 Å². The van der Waals surface area contributed by atoms with Crippen LogP contribution in [0.4, 0.5) is 0 Å². The predicted molar refractivity (Wildman–Crippen MR) is 83.5 cm³/mol. The molecule has 0 heterocycles. The van der Waals surface area contributed by atoms with Gasteiger partial charge in [0.15, 0.2) is 0 Å². The van der Waals surface area contributed by atoms with Crippen molar-refractivity contribution in [2.45, 2.75) is 19.8 Å². The van der Waals surface area contributed by atoms with Crippen molar-refractivity contribution in [3.05, 3.63) is 48.6 Å². The summed E-state index contributed by atoms with van der Waals surface area (Å²) in [7, 11) is 0. The molecular formula is C14H22Cl2O2Zr. The minimum Gasteiger partial charge on any atom is -0.394 e. The summed E-state index contributed by atoms with van der Waals surface area (Å²) in [5.41, 5.74) is 0. The number of allylic oxidation sites excluding steroid dienone is 8. The number of aliphatic hydroxyl groups is 2. The molecule has 0 atom stereocenters. The van der Waals surface area contributed by atoms with Gasteiger partial charge in [0, 0.05) is 0 Å². The second kappa shape index (κ2) is 30.9. The van der Waals surface area contributed by atoms with Gasteiger partial charge < -0.3 is 10.2 Å². The van der Waals surface area contributed by atoms with Crippen molar-refractivity contribution in [2.24, 2.45) is 0 Å². The number of hydrogen-bond donors (Lipinski definition) is 2. The van der Waals surface area contributed by atoms with E-state index in [0.717, 1.165) is 12.8 Å². The molecule has 0 saturated carbocycles. The molecule has 2 aliphatic carbocycles. The Kier molecular flexibility index (Phi) is 44.8. The van der Waals surface area contributed by atoms with Crippen molar-refractivity contribution in [1.82, 2.24) is 0 Å². The van der Waals surface area contributed by atoms with Crippen LogP contribution in [-0.2, 0) is 24.2 Å². The van der Waals surface area contributed by atoms with Gasteiger partial charge in [-0.15, -0.1) is 37.7 Å². The van der Waals surface area contributed by atoms with Crippen LogP contribution in [-0.4, -0.2) is 27.1 Å². The molecule has 2 nitrogen and oxygen atoms in total. The van der Waals surface area contributed by atoms with E-state index >= 15 is 0 Å². The average Bonchev–Trinajstić information content (AvgIpc) is 3.06. The van der Waals surface area contributed by atoms with Gasteiger partial charge in [-0.1, -0.05) is 0 Å². The Morgan fingerprint density at radius 3 is 1.37 bits per heavy atom. The van der Waals surface area contributed by atoms with Gasteiger partial charge in [-0.25, -0.2) is 24.3 Å². The molecule has 0 unspecified atom stereocenters. The summed E-state index contributed by atoms with van der Waals surface area (Å²) in [5, 5.41) is 15.2. The fraction of sp³-hybridized carbons (Fsp3) is 0.357. The first-order valence-electron chi connectivity index (χ1n) is 5.43. The molecule has 0 amide bonds. The van der Waals surface area contributed by atoms with Crippen molar-refractivity contribution in [1.29, 1.82) is 0 Å². The zero-order chi connectivity index (χ0) is 13.2. The fourth-order valence-electron chi connectivity index (χ4n) is 0.680. The van der Waals surface area contributed by atoms with Crippen LogP contribution in [0.2, 0.25) is 0 Å². The number of rotatable bonds is 1. The minimum absolute atomic E-state index is 0. The predicted octanol–water partition coefficient (Wildman–Crippen LogP) is 2.78. The van der Waals surface area contributed by atoms with E-state index in [1.807, 2.05) is 31.2 Å². The first-order valence-corrected chi connectivity index (χ1v) is 6.85. The zero-order valence-corrected chi connectivity index (χ0v) is 15.2. The van der Waals surface area contributed by atoms with Gasteiger partial charge in [-0.2, -0.15) is 12.2 Å². The number of halogens is 2. The Morgan fingerprint density at radius 2 is 1.32 bits per heavy atom. The molecule has 2 aliphatic rings. The van der Waals surface area contributed by atoms with E-state index in [0.29, 0.717) is 0 Å². The Balaban J connectivity index is -0.0000000779. The van der Waals surface area contributed by atoms with E-state index in [-0.39, 0.29) is 38.0 Å². The second-order valence-corrected chi connectivity index (χ2v) is 4.16. The second-order valence-electron chi connectivity index (χ2n) is 2.74. The summed E-state index contributed by atoms with van der Waals surface area (Å²) in [6.07, 6.45) is 20.0. The van der Waals surface area contributed by atoms with Crippen LogP contribution in [0.3, 0.4) is 0 Å². The minimum atomic E-state index is -0.125. The molecule has 0 aromatic heterocycles. The molecule has 0 aromatic rings. The molecule has 0 fully saturated rings. The van der Waals surface area contributed by atoms with Gasteiger partial charge in [0.25, 0.3) is 0 Å². The Labute approximate surface area is 144 Å². The third-order valence-electron chi connectivity index (χ3n) is 1.27. The maximum atomic E-state index is 7.62. The summed E-state index contributed by atoms with van der Waals surface area (Å²) in [5.74, 6) is 0. The van der Waals surface area contributed by atoms with Crippen LogP contribution in [0.1, 0.15) is 19.8 Å². The van der Waals surface area contributed by atoms with Gasteiger partial charge in [-0.05, 0) is 0 Å². The molecule has 5 heteroatoms. The molecule has 0 bridgehead atoms. The fourth-order valence-corrected chi connectivity index (χ4v) is 0.680. The van der Waals surface area contributed by atoms with Gasteiger partial charge >= 0.3 is 34.9 Å². The summed E-state index contributed by atoms with van der Waals surface area (Å²) in [6, 6.07) is 0. The Bertz CT molecular complexity index is 218. The summed E-state index contributed by atoms with van der Waals surface area (Å²) < 4.78 is 2.09. The summed E-state index contributed by atoms with van der Waals surface area (Å²) >= 11 is 1.51. The molecule has 0 radical (unpaired) electrons. The third kappa shape index (κ3) is 38.1. The van der Waals surface area contributed by atoms with Crippen molar-refractivity contribution >= 4 is 28.5 Å². The molecule has 2 N–H and O–H groups in total. The molecule has 2 rings (SSSR count). The van der Waals surface area contributed by atoms with Crippen LogP contribution in [0.15, 0.2) is 36.5 Å². The molecular weight excluding hydrogens is 362 g/mol. The van der Waals surface area contributed by atoms with Gasteiger partial charge in [0.05, 0.1) is 13.2 Å². The largest absolute Gasteiger partial charge is 0.394 e. The first-order chi connectivity index (χ1) is 8.33. The van der Waals surface area contributed by atoms with Gasteiger partial charge in [0.1, 0.15) is 0 Å². The van der Waals surface area contributed by atoms with Crippen molar-refractivity contribution in [2.75, 3.05) is 13.2 Å². The van der Waals surface area contributed by atoms with Crippen LogP contribution in [0, 0.1) is 12.2 Å². The van der Waals surface area contributed by atoms with E-state index in [4.69, 9.17) is 10.2 Å². The molecule has 0 spiro atoms. The quantitative estimate of drug-likeness (QED) is 0.683. The van der Waals surface area contributed by atoms with Crippen molar-refractivity contribution in [3.8, 4) is 0 Å². The van der Waals surface area contributed by atoms with E-state index in [9.17, 15) is 0 Å². The number of aliphatic hydroxyl groups excluding tert-OH is 2. The SMILES string of the molecule is C[CH]=[Zr+2].Cl.Cl.OCCO.[C-]1=CC=CC1.[C-]1=CC=CC1. The third-order valence-corrected chi connectivity index (χ3v) is 1.27. The molecule has 108 valence electrons.